The molecule has 0 aliphatic carbocycles. The maximum absolute atomic E-state index is 13.7. The molecule has 0 saturated carbocycles. The zero-order valence-corrected chi connectivity index (χ0v) is 21.5. The van der Waals surface area contributed by atoms with Crippen molar-refractivity contribution in [1.29, 1.82) is 0 Å². The first-order valence-electron chi connectivity index (χ1n) is 10.2. The van der Waals surface area contributed by atoms with E-state index < -0.39 is 0 Å². The predicted octanol–water partition coefficient (Wildman–Crippen LogP) is 5.45. The summed E-state index contributed by atoms with van der Waals surface area (Å²) in [5.41, 5.74) is 1.46. The first kappa shape index (κ1) is 26.3. The van der Waals surface area contributed by atoms with Crippen LogP contribution in [0.2, 0.25) is 0 Å². The number of anilines is 1. The van der Waals surface area contributed by atoms with Crippen LogP contribution in [0.1, 0.15) is 24.2 Å². The number of para-hydroxylation sites is 1. The molecule has 32 heavy (non-hydrogen) atoms. The van der Waals surface area contributed by atoms with Gasteiger partial charge in [0.05, 0.1) is 24.4 Å². The summed E-state index contributed by atoms with van der Waals surface area (Å²) in [5, 5.41) is 0.704. The molecule has 0 unspecified atom stereocenters. The molecule has 174 valence electrons. The Balaban J connectivity index is 0.00000363. The molecule has 0 radical (unpaired) electrons. The molecule has 2 aromatic carbocycles. The van der Waals surface area contributed by atoms with Crippen molar-refractivity contribution in [3.8, 4) is 11.5 Å². The predicted molar refractivity (Wildman–Crippen MR) is 138 cm³/mol. The number of hydrogen-bond acceptors (Lipinski definition) is 7. The minimum Gasteiger partial charge on any atom is -0.497 e. The number of amides is 1. The maximum Gasteiger partial charge on any atom is 0.260 e. The number of thioether (sulfide) groups is 1. The largest absolute Gasteiger partial charge is 0.497 e. The second-order valence-electron chi connectivity index (χ2n) is 6.89. The number of benzene rings is 2. The first-order chi connectivity index (χ1) is 15.0. The van der Waals surface area contributed by atoms with Gasteiger partial charge in [-0.05, 0) is 43.6 Å². The Morgan fingerprint density at radius 2 is 1.72 bits per heavy atom. The van der Waals surface area contributed by atoms with Crippen LogP contribution in [0.4, 0.5) is 5.13 Å². The van der Waals surface area contributed by atoms with Crippen LogP contribution in [0.15, 0.2) is 41.3 Å². The number of carbonyl (C=O) groups is 1. The van der Waals surface area contributed by atoms with Gasteiger partial charge >= 0.3 is 0 Å². The lowest BCUT2D eigenvalue weighted by Gasteiger charge is -2.25. The van der Waals surface area contributed by atoms with E-state index in [0.29, 0.717) is 28.7 Å². The molecule has 9 heteroatoms. The van der Waals surface area contributed by atoms with E-state index in [1.807, 2.05) is 12.3 Å². The van der Waals surface area contributed by atoms with Crippen molar-refractivity contribution in [2.24, 2.45) is 0 Å². The summed E-state index contributed by atoms with van der Waals surface area (Å²) >= 11 is 3.21. The Morgan fingerprint density at radius 3 is 2.28 bits per heavy atom. The molecular weight excluding hydrogens is 466 g/mol. The monoisotopic (exact) mass is 495 g/mol. The molecule has 0 N–H and O–H groups in total. The second-order valence-corrected chi connectivity index (χ2v) is 8.75. The van der Waals surface area contributed by atoms with Gasteiger partial charge in [0.15, 0.2) is 5.13 Å². The van der Waals surface area contributed by atoms with Crippen LogP contribution in [0.3, 0.4) is 0 Å². The normalized spacial score (nSPS) is 10.8. The van der Waals surface area contributed by atoms with Crippen LogP contribution in [0.25, 0.3) is 10.2 Å². The van der Waals surface area contributed by atoms with Crippen LogP contribution in [0, 0.1) is 0 Å². The molecule has 0 spiro atoms. The molecule has 1 heterocycles. The molecule has 3 aromatic rings. The third-order valence-corrected chi connectivity index (χ3v) is 7.01. The summed E-state index contributed by atoms with van der Waals surface area (Å²) < 4.78 is 11.8. The van der Waals surface area contributed by atoms with Crippen LogP contribution >= 0.6 is 35.5 Å². The maximum atomic E-state index is 13.7. The summed E-state index contributed by atoms with van der Waals surface area (Å²) in [7, 11) is 3.16. The number of ether oxygens (including phenoxy) is 2. The van der Waals surface area contributed by atoms with Crippen LogP contribution in [0.5, 0.6) is 11.5 Å². The van der Waals surface area contributed by atoms with Gasteiger partial charge in [-0.3, -0.25) is 9.69 Å². The highest BCUT2D eigenvalue weighted by atomic mass is 35.5. The van der Waals surface area contributed by atoms with Crippen LogP contribution < -0.4 is 14.4 Å². The number of nitrogens with zero attached hydrogens (tertiary/aromatic N) is 3. The minimum atomic E-state index is -0.117. The summed E-state index contributed by atoms with van der Waals surface area (Å²) in [6.45, 7) is 7.44. The number of rotatable bonds is 10. The third kappa shape index (κ3) is 5.86. The van der Waals surface area contributed by atoms with Gasteiger partial charge in [-0.2, -0.15) is 0 Å². The van der Waals surface area contributed by atoms with Gasteiger partial charge in [-0.15, -0.1) is 24.2 Å². The van der Waals surface area contributed by atoms with Gasteiger partial charge in [0.25, 0.3) is 5.91 Å². The Morgan fingerprint density at radius 1 is 1.06 bits per heavy atom. The molecule has 3 rings (SSSR count). The molecule has 0 aliphatic heterocycles. The van der Waals surface area contributed by atoms with E-state index in [1.165, 1.54) is 0 Å². The fourth-order valence-corrected chi connectivity index (χ4v) is 4.99. The average molecular weight is 496 g/mol. The Kier molecular flexibility index (Phi) is 10.1. The highest BCUT2D eigenvalue weighted by Gasteiger charge is 2.23. The van der Waals surface area contributed by atoms with E-state index >= 15 is 0 Å². The Hall–Kier alpha value is -2.00. The lowest BCUT2D eigenvalue weighted by atomic mass is 10.1. The summed E-state index contributed by atoms with van der Waals surface area (Å²) in [5.74, 6) is 1.05. The summed E-state index contributed by atoms with van der Waals surface area (Å²) in [6.07, 6.45) is 2.04. The van der Waals surface area contributed by atoms with Crippen molar-refractivity contribution in [3.05, 3.63) is 42.0 Å². The van der Waals surface area contributed by atoms with Crippen molar-refractivity contribution < 1.29 is 14.3 Å². The molecule has 0 fully saturated rings. The van der Waals surface area contributed by atoms with Gasteiger partial charge in [0.1, 0.15) is 11.5 Å². The number of fused-ring (bicyclic) bond motifs is 1. The molecule has 0 bridgehead atoms. The number of likely N-dealkylation sites (N-methyl/N-ethyl adjacent to an activating group) is 1. The lowest BCUT2D eigenvalue weighted by Crippen LogP contribution is -2.38. The third-order valence-electron chi connectivity index (χ3n) is 5.20. The number of hydrogen-bond donors (Lipinski definition) is 0. The van der Waals surface area contributed by atoms with Gasteiger partial charge in [0.2, 0.25) is 0 Å². The van der Waals surface area contributed by atoms with Crippen LogP contribution in [-0.2, 0) is 0 Å². The topological polar surface area (TPSA) is 54.9 Å². The van der Waals surface area contributed by atoms with E-state index in [4.69, 9.17) is 14.5 Å². The fourth-order valence-electron chi connectivity index (χ4n) is 3.34. The molecule has 1 amide bonds. The summed E-state index contributed by atoms with van der Waals surface area (Å²) in [6, 6.07) is 11.4. The molecule has 6 nitrogen and oxygen atoms in total. The fraction of sp³-hybridized carbons (Fsp3) is 0.391. The zero-order chi connectivity index (χ0) is 22.4. The van der Waals surface area contributed by atoms with E-state index in [-0.39, 0.29) is 18.3 Å². The standard InChI is InChI=1S/C23H29N3O3S2.ClH/c1-6-25(7-2)11-12-26(22(27)16-13-17(28-3)15-18(14-16)29-4)23-24-21-19(30-5)9-8-10-20(21)31-23;/h8-10,13-15H,6-7,11-12H2,1-5H3;1H. The summed E-state index contributed by atoms with van der Waals surface area (Å²) in [4.78, 5) is 23.7. The zero-order valence-electron chi connectivity index (χ0n) is 19.1. The van der Waals surface area contributed by atoms with Crippen LogP contribution in [-0.4, -0.2) is 62.4 Å². The number of methoxy groups -OCH3 is 2. The van der Waals surface area contributed by atoms with Crippen molar-refractivity contribution in [2.45, 2.75) is 18.7 Å². The number of carbonyl (C=O) groups excluding carboxylic acids is 1. The highest BCUT2D eigenvalue weighted by molar-refractivity contribution is 7.98. The van der Waals surface area contributed by atoms with E-state index in [1.54, 1.807) is 60.4 Å². The van der Waals surface area contributed by atoms with Gasteiger partial charge < -0.3 is 14.4 Å². The number of aromatic nitrogens is 1. The quantitative estimate of drug-likeness (QED) is 0.349. The first-order valence-corrected chi connectivity index (χ1v) is 12.3. The van der Waals surface area contributed by atoms with Gasteiger partial charge in [0, 0.05) is 29.6 Å². The number of thiazole rings is 1. The van der Waals surface area contributed by atoms with E-state index in [2.05, 4.69) is 30.9 Å². The van der Waals surface area contributed by atoms with Gasteiger partial charge in [-0.1, -0.05) is 31.3 Å². The Labute approximate surface area is 204 Å². The SMILES string of the molecule is CCN(CC)CCN(C(=O)c1cc(OC)cc(OC)c1)c1nc2c(SC)cccc2s1.Cl. The van der Waals surface area contributed by atoms with Crippen molar-refractivity contribution in [2.75, 3.05) is 51.6 Å². The molecular formula is C23H30ClN3O3S2. The number of halogens is 1. The molecule has 0 aliphatic rings. The average Bonchev–Trinajstić information content (AvgIpc) is 3.25. The minimum absolute atomic E-state index is 0. The second kappa shape index (κ2) is 12.3. The Bertz CT molecular complexity index is 1020. The smallest absolute Gasteiger partial charge is 0.260 e. The molecule has 1 aromatic heterocycles. The van der Waals surface area contributed by atoms with Crippen molar-refractivity contribution in [1.82, 2.24) is 9.88 Å². The highest BCUT2D eigenvalue weighted by Crippen LogP contribution is 2.35. The van der Waals surface area contributed by atoms with E-state index in [0.717, 1.165) is 34.7 Å². The van der Waals surface area contributed by atoms with Crippen molar-refractivity contribution >= 4 is 56.8 Å². The lowest BCUT2D eigenvalue weighted by molar-refractivity contribution is 0.0983. The molecule has 0 saturated heterocycles. The van der Waals surface area contributed by atoms with Gasteiger partial charge in [-0.25, -0.2) is 4.98 Å². The van der Waals surface area contributed by atoms with Crippen molar-refractivity contribution in [3.63, 3.8) is 0 Å². The molecule has 0 atom stereocenters. The van der Waals surface area contributed by atoms with E-state index in [9.17, 15) is 4.79 Å².